The van der Waals surface area contributed by atoms with Crippen LogP contribution >= 0.6 is 0 Å². The summed E-state index contributed by atoms with van der Waals surface area (Å²) in [5, 5.41) is 3.41. The summed E-state index contributed by atoms with van der Waals surface area (Å²) in [6, 6.07) is 6.22. The third-order valence-corrected chi connectivity index (χ3v) is 8.10. The molecule has 1 aromatic carbocycles. The lowest BCUT2D eigenvalue weighted by Crippen LogP contribution is -2.63. The van der Waals surface area contributed by atoms with Crippen molar-refractivity contribution < 1.29 is 32.2 Å². The number of nitrogens with two attached hydrogens (primary N) is 1. The fourth-order valence-electron chi connectivity index (χ4n) is 5.91. The van der Waals surface area contributed by atoms with Crippen molar-refractivity contribution in [3.8, 4) is 5.88 Å². The molecule has 10 nitrogen and oxygen atoms in total. The largest absolute Gasteiger partial charge is 0.474 e. The van der Waals surface area contributed by atoms with Gasteiger partial charge in [-0.15, -0.1) is 0 Å². The van der Waals surface area contributed by atoms with E-state index in [0.29, 0.717) is 44.0 Å². The monoisotopic (exact) mass is 590 g/mol. The number of primary amides is 1. The summed E-state index contributed by atoms with van der Waals surface area (Å²) in [5.74, 6) is -1.18. The second-order valence-corrected chi connectivity index (χ2v) is 11.3. The van der Waals surface area contributed by atoms with Crippen LogP contribution in [0, 0.1) is 5.82 Å². The molecule has 3 aliphatic heterocycles. The second-order valence-electron chi connectivity index (χ2n) is 11.3. The molecule has 0 spiro atoms. The summed E-state index contributed by atoms with van der Waals surface area (Å²) in [6.45, 7) is 6.41. The first-order valence-electron chi connectivity index (χ1n) is 14.2. The maximum atomic E-state index is 14.0. The van der Waals surface area contributed by atoms with Gasteiger partial charge in [0.1, 0.15) is 23.8 Å². The Morgan fingerprint density at radius 1 is 1.17 bits per heavy atom. The zero-order valence-corrected chi connectivity index (χ0v) is 23.8. The number of carbonyl (C=O) groups is 2. The van der Waals surface area contributed by atoms with Gasteiger partial charge in [0.2, 0.25) is 11.8 Å². The molecule has 0 radical (unpaired) electrons. The normalized spacial score (nSPS) is 25.2. The zero-order valence-electron chi connectivity index (χ0n) is 23.8. The molecule has 42 heavy (non-hydrogen) atoms. The number of hydrogen-bond acceptors (Lipinski definition) is 8. The van der Waals surface area contributed by atoms with Gasteiger partial charge in [-0.3, -0.25) is 19.4 Å². The van der Waals surface area contributed by atoms with Crippen molar-refractivity contribution in [2.24, 2.45) is 5.73 Å². The Kier molecular flexibility index (Phi) is 9.31. The molecule has 0 aliphatic carbocycles. The van der Waals surface area contributed by atoms with E-state index >= 15 is 0 Å². The van der Waals surface area contributed by atoms with E-state index in [1.54, 1.807) is 28.0 Å². The number of carbonyl (C=O) groups excluding carboxylic acids is 2. The SMILES string of the molecule is C[C@@H]1CN(CC(=O)N2c3cc(Cc4ccc(F)cc4)c(C(N)=O)nc3OC[C@@H]2C)[C@@H](CN2CCOC[C@H]2C(F)F)CN1. The smallest absolute Gasteiger partial charge is 0.267 e. The molecule has 4 heterocycles. The number of pyridine rings is 1. The number of ether oxygens (including phenoxy) is 2. The maximum Gasteiger partial charge on any atom is 0.267 e. The third-order valence-electron chi connectivity index (χ3n) is 8.10. The van der Waals surface area contributed by atoms with E-state index < -0.39 is 18.4 Å². The Morgan fingerprint density at radius 3 is 2.64 bits per heavy atom. The lowest BCUT2D eigenvalue weighted by Gasteiger charge is -2.44. The highest BCUT2D eigenvalue weighted by molar-refractivity contribution is 5.98. The lowest BCUT2D eigenvalue weighted by atomic mass is 10.0. The number of halogens is 3. The molecule has 4 atom stereocenters. The number of fused-ring (bicyclic) bond motifs is 1. The van der Waals surface area contributed by atoms with Gasteiger partial charge < -0.3 is 25.4 Å². The maximum absolute atomic E-state index is 14.0. The van der Waals surface area contributed by atoms with E-state index in [1.165, 1.54) is 12.1 Å². The minimum Gasteiger partial charge on any atom is -0.474 e. The molecule has 2 aromatic rings. The Balaban J connectivity index is 1.39. The van der Waals surface area contributed by atoms with Crippen LogP contribution in [-0.4, -0.2) is 110 Å². The zero-order chi connectivity index (χ0) is 30.0. The molecule has 228 valence electrons. The van der Waals surface area contributed by atoms with E-state index in [0.717, 1.165) is 5.56 Å². The van der Waals surface area contributed by atoms with Crippen molar-refractivity contribution in [2.75, 3.05) is 57.4 Å². The molecule has 2 saturated heterocycles. The predicted molar refractivity (Wildman–Crippen MR) is 149 cm³/mol. The van der Waals surface area contributed by atoms with Crippen molar-refractivity contribution in [2.45, 2.75) is 50.9 Å². The average Bonchev–Trinajstić information content (AvgIpc) is 2.95. The summed E-state index contributed by atoms with van der Waals surface area (Å²) in [4.78, 5) is 36.1. The van der Waals surface area contributed by atoms with E-state index in [9.17, 15) is 22.8 Å². The number of alkyl halides is 2. The lowest BCUT2D eigenvalue weighted by molar-refractivity contribution is -0.122. The minimum absolute atomic E-state index is 0.0181. The Hall–Kier alpha value is -3.26. The fraction of sp³-hybridized carbons (Fsp3) is 0.552. The van der Waals surface area contributed by atoms with Gasteiger partial charge in [0.05, 0.1) is 31.8 Å². The number of hydrogen-bond donors (Lipinski definition) is 2. The third kappa shape index (κ3) is 6.69. The Labute approximate surface area is 242 Å². The number of piperazine rings is 1. The second kappa shape index (κ2) is 12.9. The molecule has 3 aliphatic rings. The molecule has 2 amide bonds. The van der Waals surface area contributed by atoms with Gasteiger partial charge in [-0.25, -0.2) is 18.2 Å². The van der Waals surface area contributed by atoms with Gasteiger partial charge >= 0.3 is 0 Å². The number of rotatable bonds is 8. The Bertz CT molecular complexity index is 1280. The molecular formula is C29H37F3N6O4. The quantitative estimate of drug-likeness (QED) is 0.478. The summed E-state index contributed by atoms with van der Waals surface area (Å²) in [7, 11) is 0. The van der Waals surface area contributed by atoms with Gasteiger partial charge in [-0.05, 0) is 49.6 Å². The van der Waals surface area contributed by atoms with Crippen LogP contribution in [0.15, 0.2) is 30.3 Å². The summed E-state index contributed by atoms with van der Waals surface area (Å²) < 4.78 is 52.0. The standard InChI is InChI=1S/C29H37F3N6O4/c1-17-12-37(22(11-34-17)13-36-7-8-41-16-24(36)27(31)32)14-25(39)38-18(2)15-42-29-23(38)10-20(26(35-29)28(33)40)9-19-3-5-21(30)6-4-19/h3-6,10,17-18,22,24,27,34H,7-9,11-16H2,1-2H3,(H2,33,40)/t17-,18+,22-,24+/m1/s1. The van der Waals surface area contributed by atoms with Gasteiger partial charge in [0.15, 0.2) is 0 Å². The number of anilines is 1. The van der Waals surface area contributed by atoms with Crippen LogP contribution in [0.25, 0.3) is 0 Å². The number of benzene rings is 1. The van der Waals surface area contributed by atoms with Crippen molar-refractivity contribution in [3.63, 3.8) is 0 Å². The van der Waals surface area contributed by atoms with Crippen molar-refractivity contribution in [3.05, 3.63) is 53.0 Å². The molecular weight excluding hydrogens is 553 g/mol. The molecule has 0 bridgehead atoms. The highest BCUT2D eigenvalue weighted by Crippen LogP contribution is 2.35. The molecule has 2 fully saturated rings. The van der Waals surface area contributed by atoms with E-state index in [2.05, 4.69) is 10.3 Å². The molecule has 1 aromatic heterocycles. The molecule has 0 unspecified atom stereocenters. The molecule has 0 saturated carbocycles. The van der Waals surface area contributed by atoms with Crippen LogP contribution in [0.1, 0.15) is 35.5 Å². The van der Waals surface area contributed by atoms with Gasteiger partial charge in [0.25, 0.3) is 12.3 Å². The van der Waals surface area contributed by atoms with Crippen molar-refractivity contribution in [1.82, 2.24) is 20.1 Å². The molecule has 5 rings (SSSR count). The topological polar surface area (TPSA) is 113 Å². The first-order valence-corrected chi connectivity index (χ1v) is 14.2. The predicted octanol–water partition coefficient (Wildman–Crippen LogP) is 1.65. The summed E-state index contributed by atoms with van der Waals surface area (Å²) in [6.07, 6.45) is -2.28. The molecule has 3 N–H and O–H groups in total. The van der Waals surface area contributed by atoms with E-state index in [-0.39, 0.29) is 67.6 Å². The fourth-order valence-corrected chi connectivity index (χ4v) is 5.91. The van der Waals surface area contributed by atoms with Gasteiger partial charge in [-0.1, -0.05) is 12.1 Å². The highest BCUT2D eigenvalue weighted by atomic mass is 19.3. The van der Waals surface area contributed by atoms with Crippen LogP contribution in [0.5, 0.6) is 5.88 Å². The highest BCUT2D eigenvalue weighted by Gasteiger charge is 2.38. The van der Waals surface area contributed by atoms with Gasteiger partial charge in [-0.2, -0.15) is 0 Å². The van der Waals surface area contributed by atoms with E-state index in [4.69, 9.17) is 15.2 Å². The van der Waals surface area contributed by atoms with Crippen LogP contribution in [0.2, 0.25) is 0 Å². The van der Waals surface area contributed by atoms with Gasteiger partial charge in [0, 0.05) is 38.3 Å². The molecule has 13 heteroatoms. The number of nitrogens with one attached hydrogen (secondary N) is 1. The van der Waals surface area contributed by atoms with Crippen LogP contribution in [-0.2, 0) is 16.0 Å². The minimum atomic E-state index is -2.52. The average molecular weight is 591 g/mol. The first kappa shape index (κ1) is 30.2. The Morgan fingerprint density at radius 2 is 1.93 bits per heavy atom. The first-order chi connectivity index (χ1) is 20.1. The number of amides is 2. The summed E-state index contributed by atoms with van der Waals surface area (Å²) in [5.41, 5.74) is 7.31. The number of aromatic nitrogens is 1. The van der Waals surface area contributed by atoms with Crippen LogP contribution < -0.4 is 20.7 Å². The van der Waals surface area contributed by atoms with Crippen LogP contribution in [0.3, 0.4) is 0 Å². The van der Waals surface area contributed by atoms with Crippen molar-refractivity contribution in [1.29, 1.82) is 0 Å². The van der Waals surface area contributed by atoms with Crippen molar-refractivity contribution >= 4 is 17.5 Å². The number of morpholine rings is 1. The summed E-state index contributed by atoms with van der Waals surface area (Å²) >= 11 is 0. The number of nitrogens with zero attached hydrogens (tertiary/aromatic N) is 4. The van der Waals surface area contributed by atoms with E-state index in [1.807, 2.05) is 18.7 Å². The van der Waals surface area contributed by atoms with Crippen LogP contribution in [0.4, 0.5) is 18.9 Å².